The molecule has 2 aliphatic rings. The van der Waals surface area contributed by atoms with Crippen LogP contribution in [0.5, 0.6) is 0 Å². The summed E-state index contributed by atoms with van der Waals surface area (Å²) in [6.45, 7) is 7.57. The van der Waals surface area contributed by atoms with Crippen molar-refractivity contribution >= 4 is 0 Å². The zero-order chi connectivity index (χ0) is 28.5. The van der Waals surface area contributed by atoms with Gasteiger partial charge in [0.25, 0.3) is 0 Å². The first kappa shape index (κ1) is 31.1. The molecular weight excluding hydrogens is 512 g/mol. The second kappa shape index (κ2) is 15.4. The molecule has 0 amide bonds. The van der Waals surface area contributed by atoms with E-state index in [0.29, 0.717) is 19.8 Å². The Balaban J connectivity index is 1.54. The monoisotopic (exact) mass is 558 g/mol. The minimum absolute atomic E-state index is 0.0224. The third-order valence-electron chi connectivity index (χ3n) is 8.13. The Bertz CT molecular complexity index is 973. The number of benzene rings is 2. The van der Waals surface area contributed by atoms with Crippen molar-refractivity contribution in [3.8, 4) is 0 Å². The van der Waals surface area contributed by atoms with Crippen LogP contribution in [0.25, 0.3) is 0 Å². The van der Waals surface area contributed by atoms with Crippen LogP contribution in [0.1, 0.15) is 38.3 Å². The average molecular weight is 559 g/mol. The summed E-state index contributed by atoms with van der Waals surface area (Å²) in [5, 5.41) is 0. The van der Waals surface area contributed by atoms with E-state index in [1.165, 1.54) is 0 Å². The van der Waals surface area contributed by atoms with Gasteiger partial charge in [0.2, 0.25) is 0 Å². The molecule has 0 radical (unpaired) electrons. The van der Waals surface area contributed by atoms with E-state index in [4.69, 9.17) is 37.9 Å². The van der Waals surface area contributed by atoms with Crippen molar-refractivity contribution in [2.45, 2.75) is 89.6 Å². The van der Waals surface area contributed by atoms with Crippen LogP contribution in [0.15, 0.2) is 60.7 Å². The molecule has 2 heterocycles. The van der Waals surface area contributed by atoms with E-state index in [2.05, 4.69) is 20.8 Å². The minimum Gasteiger partial charge on any atom is -0.378 e. The zero-order valence-electron chi connectivity index (χ0n) is 24.6. The normalized spacial score (nSPS) is 34.5. The molecule has 2 aromatic rings. The molecule has 0 spiro atoms. The van der Waals surface area contributed by atoms with E-state index in [1.807, 2.05) is 60.7 Å². The molecule has 2 saturated heterocycles. The Labute approximate surface area is 239 Å². The van der Waals surface area contributed by atoms with Crippen LogP contribution in [-0.4, -0.2) is 77.1 Å². The molecule has 0 bridgehead atoms. The standard InChI is InChI=1S/C32H46O8/c1-7-25-21(2)28(33-4)30(34-5)32(38-25)40-27-22(3)29(37-19-24-16-12-9-13-17-24)31(35-6)39-26(27)20-36-18-23-14-10-8-11-15-23/h8-17,21-22,25-32H,7,18-20H2,1-6H3/t21-,22?,25?,26+,27-,28+,29?,30?,31-,32-/m0/s1. The predicted molar refractivity (Wildman–Crippen MR) is 151 cm³/mol. The van der Waals surface area contributed by atoms with Crippen LogP contribution in [0.4, 0.5) is 0 Å². The summed E-state index contributed by atoms with van der Waals surface area (Å²) >= 11 is 0. The summed E-state index contributed by atoms with van der Waals surface area (Å²) in [5.41, 5.74) is 2.17. The Kier molecular flexibility index (Phi) is 11.9. The van der Waals surface area contributed by atoms with E-state index >= 15 is 0 Å². The maximum atomic E-state index is 6.78. The summed E-state index contributed by atoms with van der Waals surface area (Å²) in [6.07, 6.45) is -2.16. The first-order valence-corrected chi connectivity index (χ1v) is 14.3. The molecule has 4 rings (SSSR count). The van der Waals surface area contributed by atoms with Crippen molar-refractivity contribution in [3.63, 3.8) is 0 Å². The number of rotatable bonds is 13. The third kappa shape index (κ3) is 7.49. The molecule has 222 valence electrons. The van der Waals surface area contributed by atoms with E-state index in [0.717, 1.165) is 17.5 Å². The van der Waals surface area contributed by atoms with Gasteiger partial charge in [-0.05, 0) is 17.5 Å². The van der Waals surface area contributed by atoms with Crippen LogP contribution in [-0.2, 0) is 51.1 Å². The van der Waals surface area contributed by atoms with Crippen molar-refractivity contribution in [3.05, 3.63) is 71.8 Å². The number of methoxy groups -OCH3 is 3. The van der Waals surface area contributed by atoms with Gasteiger partial charge in [-0.3, -0.25) is 0 Å². The van der Waals surface area contributed by atoms with Crippen LogP contribution < -0.4 is 0 Å². The first-order chi connectivity index (χ1) is 19.5. The topological polar surface area (TPSA) is 73.8 Å². The molecule has 8 nitrogen and oxygen atoms in total. The maximum Gasteiger partial charge on any atom is 0.187 e. The van der Waals surface area contributed by atoms with Crippen LogP contribution in [0.2, 0.25) is 0 Å². The van der Waals surface area contributed by atoms with Gasteiger partial charge < -0.3 is 37.9 Å². The van der Waals surface area contributed by atoms with Crippen LogP contribution in [0.3, 0.4) is 0 Å². The van der Waals surface area contributed by atoms with Crippen molar-refractivity contribution in [2.75, 3.05) is 27.9 Å². The summed E-state index contributed by atoms with van der Waals surface area (Å²) in [4.78, 5) is 0. The molecule has 8 heteroatoms. The van der Waals surface area contributed by atoms with Gasteiger partial charge in [0.15, 0.2) is 12.6 Å². The lowest BCUT2D eigenvalue weighted by Crippen LogP contribution is -2.61. The first-order valence-electron chi connectivity index (χ1n) is 14.3. The maximum absolute atomic E-state index is 6.78. The van der Waals surface area contributed by atoms with Gasteiger partial charge in [-0.1, -0.05) is 81.4 Å². The quantitative estimate of drug-likeness (QED) is 0.341. The fraction of sp³-hybridized carbons (Fsp3) is 0.625. The van der Waals surface area contributed by atoms with Gasteiger partial charge in [-0.15, -0.1) is 0 Å². The summed E-state index contributed by atoms with van der Waals surface area (Å²) in [7, 11) is 5.02. The van der Waals surface area contributed by atoms with Crippen molar-refractivity contribution in [1.82, 2.24) is 0 Å². The van der Waals surface area contributed by atoms with Gasteiger partial charge in [0, 0.05) is 33.2 Å². The molecule has 0 N–H and O–H groups in total. The highest BCUT2D eigenvalue weighted by molar-refractivity contribution is 5.14. The second-order valence-electron chi connectivity index (χ2n) is 10.7. The smallest absolute Gasteiger partial charge is 0.187 e. The van der Waals surface area contributed by atoms with E-state index in [1.54, 1.807) is 21.3 Å². The molecule has 4 unspecified atom stereocenters. The van der Waals surface area contributed by atoms with Crippen molar-refractivity contribution in [2.24, 2.45) is 11.8 Å². The number of hydrogen-bond acceptors (Lipinski definition) is 8. The van der Waals surface area contributed by atoms with Gasteiger partial charge in [-0.2, -0.15) is 0 Å². The Morgan fingerprint density at radius 3 is 1.80 bits per heavy atom. The highest BCUT2D eigenvalue weighted by Crippen LogP contribution is 2.37. The fourth-order valence-corrected chi connectivity index (χ4v) is 5.87. The van der Waals surface area contributed by atoms with Gasteiger partial charge in [-0.25, -0.2) is 0 Å². The highest BCUT2D eigenvalue weighted by atomic mass is 16.7. The average Bonchev–Trinajstić information content (AvgIpc) is 2.99. The minimum atomic E-state index is -0.641. The highest BCUT2D eigenvalue weighted by Gasteiger charge is 2.50. The summed E-state index contributed by atoms with van der Waals surface area (Å²) in [6, 6.07) is 20.2. The van der Waals surface area contributed by atoms with Gasteiger partial charge in [0.1, 0.15) is 18.3 Å². The van der Waals surface area contributed by atoms with E-state index < -0.39 is 30.9 Å². The summed E-state index contributed by atoms with van der Waals surface area (Å²) < 4.78 is 49.9. The molecule has 2 aromatic carbocycles. The van der Waals surface area contributed by atoms with E-state index in [9.17, 15) is 0 Å². The Morgan fingerprint density at radius 2 is 1.23 bits per heavy atom. The predicted octanol–water partition coefficient (Wildman–Crippen LogP) is 4.98. The van der Waals surface area contributed by atoms with Crippen LogP contribution >= 0.6 is 0 Å². The molecule has 10 atom stereocenters. The third-order valence-corrected chi connectivity index (χ3v) is 8.13. The summed E-state index contributed by atoms with van der Waals surface area (Å²) in [5.74, 6) is 0.0546. The molecule has 0 aromatic heterocycles. The lowest BCUT2D eigenvalue weighted by Gasteiger charge is -2.49. The Hall–Kier alpha value is -1.88. The second-order valence-corrected chi connectivity index (χ2v) is 10.7. The molecule has 0 saturated carbocycles. The lowest BCUT2D eigenvalue weighted by molar-refractivity contribution is -0.352. The molecular formula is C32H46O8. The van der Waals surface area contributed by atoms with Crippen molar-refractivity contribution in [1.29, 1.82) is 0 Å². The molecule has 40 heavy (non-hydrogen) atoms. The zero-order valence-corrected chi connectivity index (χ0v) is 24.6. The van der Waals surface area contributed by atoms with Gasteiger partial charge >= 0.3 is 0 Å². The fourth-order valence-electron chi connectivity index (χ4n) is 5.87. The lowest BCUT2D eigenvalue weighted by atomic mass is 9.88. The molecule has 2 aliphatic heterocycles. The molecule has 2 fully saturated rings. The number of hydrogen-bond donors (Lipinski definition) is 0. The molecule has 0 aliphatic carbocycles. The Morgan fingerprint density at radius 1 is 0.625 bits per heavy atom. The number of ether oxygens (including phenoxy) is 8. The van der Waals surface area contributed by atoms with Gasteiger partial charge in [0.05, 0.1) is 38.1 Å². The SMILES string of the molecule is CCC1O[C@@H](O[C@H]2C(C)C(OCc3ccccc3)[C@@H](OC)O[C@@H]2COCc2ccccc2)C(OC)[C@H](OC)[C@H]1C. The largest absolute Gasteiger partial charge is 0.378 e. The van der Waals surface area contributed by atoms with Crippen LogP contribution in [0, 0.1) is 11.8 Å². The van der Waals surface area contributed by atoms with E-state index in [-0.39, 0.29) is 30.1 Å². The van der Waals surface area contributed by atoms with Crippen molar-refractivity contribution < 1.29 is 37.9 Å².